The maximum atomic E-state index is 12.1. The Labute approximate surface area is 90.6 Å². The van der Waals surface area contributed by atoms with Gasteiger partial charge in [0.15, 0.2) is 0 Å². The van der Waals surface area contributed by atoms with Crippen LogP contribution < -0.4 is 5.32 Å². The minimum atomic E-state index is 0.0828. The Morgan fingerprint density at radius 3 is 2.93 bits per heavy atom. The second-order valence-corrected chi connectivity index (χ2v) is 4.55. The molecule has 0 saturated carbocycles. The first kappa shape index (κ1) is 10.9. The number of hydrogen-bond donors (Lipinski definition) is 2. The molecule has 2 saturated heterocycles. The summed E-state index contributed by atoms with van der Waals surface area (Å²) in [6, 6.07) is 0.0828. The third-order valence-corrected chi connectivity index (χ3v) is 3.52. The highest BCUT2D eigenvalue weighted by molar-refractivity contribution is 5.79. The molecule has 2 N–H and O–H groups in total. The first-order valence-corrected chi connectivity index (χ1v) is 5.95. The Morgan fingerprint density at radius 2 is 2.27 bits per heavy atom. The van der Waals surface area contributed by atoms with Crippen molar-refractivity contribution >= 4 is 5.91 Å². The zero-order valence-electron chi connectivity index (χ0n) is 9.11. The van der Waals surface area contributed by atoms with Crippen LogP contribution in [0.4, 0.5) is 0 Å². The highest BCUT2D eigenvalue weighted by Gasteiger charge is 2.32. The fourth-order valence-electron chi connectivity index (χ4n) is 2.61. The van der Waals surface area contributed by atoms with Gasteiger partial charge < -0.3 is 15.3 Å². The molecule has 15 heavy (non-hydrogen) atoms. The Kier molecular flexibility index (Phi) is 3.59. The van der Waals surface area contributed by atoms with Crippen LogP contribution in [0, 0.1) is 5.92 Å². The number of nitrogens with zero attached hydrogens (tertiary/aromatic N) is 1. The number of nitrogens with one attached hydrogen (secondary N) is 1. The van der Waals surface area contributed by atoms with E-state index >= 15 is 0 Å². The van der Waals surface area contributed by atoms with Crippen molar-refractivity contribution in [1.29, 1.82) is 0 Å². The SMILES string of the molecule is O=C([C@H]1CCCNC1)N1CCC[C@H]1CO. The summed E-state index contributed by atoms with van der Waals surface area (Å²) < 4.78 is 0. The molecule has 0 bridgehead atoms. The largest absolute Gasteiger partial charge is 0.394 e. The van der Waals surface area contributed by atoms with Crippen molar-refractivity contribution in [1.82, 2.24) is 10.2 Å². The van der Waals surface area contributed by atoms with Gasteiger partial charge in [0.1, 0.15) is 0 Å². The Balaban J connectivity index is 1.93. The molecule has 4 heteroatoms. The van der Waals surface area contributed by atoms with Crippen molar-refractivity contribution in [3.8, 4) is 0 Å². The summed E-state index contributed by atoms with van der Waals surface area (Å²) in [5.74, 6) is 0.393. The van der Waals surface area contributed by atoms with Crippen LogP contribution in [0.15, 0.2) is 0 Å². The second kappa shape index (κ2) is 4.94. The summed E-state index contributed by atoms with van der Waals surface area (Å²) in [5.41, 5.74) is 0. The van der Waals surface area contributed by atoms with Crippen LogP contribution in [-0.4, -0.2) is 48.2 Å². The van der Waals surface area contributed by atoms with Gasteiger partial charge in [-0.25, -0.2) is 0 Å². The number of amides is 1. The van der Waals surface area contributed by atoms with Crippen LogP contribution in [-0.2, 0) is 4.79 Å². The maximum absolute atomic E-state index is 12.1. The molecular weight excluding hydrogens is 192 g/mol. The quantitative estimate of drug-likeness (QED) is 0.676. The highest BCUT2D eigenvalue weighted by atomic mass is 16.3. The van der Waals surface area contributed by atoms with E-state index in [1.54, 1.807) is 0 Å². The lowest BCUT2D eigenvalue weighted by Gasteiger charge is -2.30. The minimum absolute atomic E-state index is 0.0828. The third kappa shape index (κ3) is 2.32. The van der Waals surface area contributed by atoms with Crippen LogP contribution in [0.5, 0.6) is 0 Å². The fraction of sp³-hybridized carbons (Fsp3) is 0.909. The topological polar surface area (TPSA) is 52.6 Å². The number of carbonyl (C=O) groups excluding carboxylic acids is 1. The van der Waals surface area contributed by atoms with Gasteiger partial charge in [0.2, 0.25) is 5.91 Å². The number of likely N-dealkylation sites (tertiary alicyclic amines) is 1. The molecule has 2 aliphatic rings. The fourth-order valence-corrected chi connectivity index (χ4v) is 2.61. The number of aliphatic hydroxyl groups excluding tert-OH is 1. The predicted molar refractivity (Wildman–Crippen MR) is 57.4 cm³/mol. The van der Waals surface area contributed by atoms with Crippen LogP contribution in [0.2, 0.25) is 0 Å². The molecule has 0 aliphatic carbocycles. The van der Waals surface area contributed by atoms with E-state index in [2.05, 4.69) is 5.32 Å². The summed E-state index contributed by atoms with van der Waals surface area (Å²) in [4.78, 5) is 14.0. The molecule has 0 radical (unpaired) electrons. The lowest BCUT2D eigenvalue weighted by molar-refractivity contribution is -0.137. The van der Waals surface area contributed by atoms with Crippen LogP contribution in [0.25, 0.3) is 0 Å². The number of piperidine rings is 1. The molecule has 0 aromatic rings. The van der Waals surface area contributed by atoms with Gasteiger partial charge in [0.25, 0.3) is 0 Å². The molecule has 2 heterocycles. The standard InChI is InChI=1S/C11H20N2O2/c14-8-10-4-2-6-13(10)11(15)9-3-1-5-12-7-9/h9-10,12,14H,1-8H2/t9-,10-/m0/s1. The average molecular weight is 212 g/mol. The van der Waals surface area contributed by atoms with E-state index in [1.165, 1.54) is 0 Å². The van der Waals surface area contributed by atoms with Gasteiger partial charge in [-0.15, -0.1) is 0 Å². The first-order valence-electron chi connectivity index (χ1n) is 5.95. The lowest BCUT2D eigenvalue weighted by atomic mass is 9.98. The summed E-state index contributed by atoms with van der Waals surface area (Å²) >= 11 is 0. The molecule has 0 spiro atoms. The molecule has 0 aromatic carbocycles. The minimum Gasteiger partial charge on any atom is -0.394 e. The predicted octanol–water partition coefficient (Wildman–Crippen LogP) is -0.0307. The van der Waals surface area contributed by atoms with E-state index < -0.39 is 0 Å². The van der Waals surface area contributed by atoms with E-state index in [0.717, 1.165) is 45.3 Å². The monoisotopic (exact) mass is 212 g/mol. The summed E-state index contributed by atoms with van der Waals surface area (Å²) in [6.45, 7) is 2.80. The van der Waals surface area contributed by atoms with E-state index in [9.17, 15) is 9.90 Å². The van der Waals surface area contributed by atoms with Gasteiger partial charge >= 0.3 is 0 Å². The lowest BCUT2D eigenvalue weighted by Crippen LogP contribution is -2.45. The van der Waals surface area contributed by atoms with E-state index in [0.29, 0.717) is 0 Å². The van der Waals surface area contributed by atoms with Gasteiger partial charge in [0.05, 0.1) is 18.6 Å². The van der Waals surface area contributed by atoms with Gasteiger partial charge in [-0.05, 0) is 32.2 Å². The van der Waals surface area contributed by atoms with Crippen molar-refractivity contribution in [3.63, 3.8) is 0 Å². The molecule has 1 amide bonds. The average Bonchev–Trinajstić information content (AvgIpc) is 2.77. The molecule has 2 atom stereocenters. The molecule has 0 unspecified atom stereocenters. The smallest absolute Gasteiger partial charge is 0.227 e. The summed E-state index contributed by atoms with van der Waals surface area (Å²) in [5, 5.41) is 12.4. The first-order chi connectivity index (χ1) is 7.33. The second-order valence-electron chi connectivity index (χ2n) is 4.55. The van der Waals surface area contributed by atoms with E-state index in [4.69, 9.17) is 0 Å². The normalized spacial score (nSPS) is 31.9. The molecule has 86 valence electrons. The van der Waals surface area contributed by atoms with Gasteiger partial charge in [0, 0.05) is 13.1 Å². The van der Waals surface area contributed by atoms with E-state index in [-0.39, 0.29) is 24.5 Å². The van der Waals surface area contributed by atoms with Gasteiger partial charge in [-0.3, -0.25) is 4.79 Å². The van der Waals surface area contributed by atoms with Crippen molar-refractivity contribution in [2.45, 2.75) is 31.7 Å². The number of carbonyl (C=O) groups is 1. The molecule has 2 fully saturated rings. The number of rotatable bonds is 2. The van der Waals surface area contributed by atoms with Crippen molar-refractivity contribution in [2.75, 3.05) is 26.2 Å². The molecular formula is C11H20N2O2. The summed E-state index contributed by atoms with van der Waals surface area (Å²) in [6.07, 6.45) is 4.09. The molecule has 2 aliphatic heterocycles. The zero-order valence-corrected chi connectivity index (χ0v) is 9.11. The molecule has 0 aromatic heterocycles. The Morgan fingerprint density at radius 1 is 1.40 bits per heavy atom. The Bertz CT molecular complexity index is 227. The molecule has 2 rings (SSSR count). The maximum Gasteiger partial charge on any atom is 0.227 e. The van der Waals surface area contributed by atoms with Crippen LogP contribution in [0.1, 0.15) is 25.7 Å². The Hall–Kier alpha value is -0.610. The zero-order chi connectivity index (χ0) is 10.7. The number of hydrogen-bond acceptors (Lipinski definition) is 3. The van der Waals surface area contributed by atoms with Crippen LogP contribution >= 0.6 is 0 Å². The van der Waals surface area contributed by atoms with Crippen molar-refractivity contribution < 1.29 is 9.90 Å². The van der Waals surface area contributed by atoms with Gasteiger partial charge in [-0.2, -0.15) is 0 Å². The van der Waals surface area contributed by atoms with Crippen molar-refractivity contribution in [3.05, 3.63) is 0 Å². The van der Waals surface area contributed by atoms with E-state index in [1.807, 2.05) is 4.90 Å². The number of aliphatic hydroxyl groups is 1. The van der Waals surface area contributed by atoms with Gasteiger partial charge in [-0.1, -0.05) is 0 Å². The molecule has 4 nitrogen and oxygen atoms in total. The highest BCUT2D eigenvalue weighted by Crippen LogP contribution is 2.22. The summed E-state index contributed by atoms with van der Waals surface area (Å²) in [7, 11) is 0. The third-order valence-electron chi connectivity index (χ3n) is 3.52. The van der Waals surface area contributed by atoms with Crippen LogP contribution in [0.3, 0.4) is 0 Å². The van der Waals surface area contributed by atoms with Crippen molar-refractivity contribution in [2.24, 2.45) is 5.92 Å².